The Bertz CT molecular complexity index is 1180. The van der Waals surface area contributed by atoms with Gasteiger partial charge in [-0.3, -0.25) is 0 Å². The summed E-state index contributed by atoms with van der Waals surface area (Å²) in [7, 11) is 2.02. The van der Waals surface area contributed by atoms with Crippen LogP contribution in [0, 0.1) is 5.92 Å². The van der Waals surface area contributed by atoms with Crippen LogP contribution in [0.4, 0.5) is 5.82 Å². The number of rotatable bonds is 8. The van der Waals surface area contributed by atoms with Crippen LogP contribution in [-0.4, -0.2) is 30.0 Å². The summed E-state index contributed by atoms with van der Waals surface area (Å²) < 4.78 is 0. The van der Waals surface area contributed by atoms with E-state index in [0.29, 0.717) is 0 Å². The summed E-state index contributed by atoms with van der Waals surface area (Å²) in [6.45, 7) is 8.34. The van der Waals surface area contributed by atoms with Crippen molar-refractivity contribution in [2.75, 3.05) is 25.5 Å². The SMILES string of the molecule is C=C=C(Nc1cc2cc(C(C)N(C)/C=C/N)ccc2cn1)c1ccc(CC2CCNCC2)cc1. The van der Waals surface area contributed by atoms with E-state index in [1.165, 1.54) is 24.0 Å². The predicted molar refractivity (Wildman–Crippen MR) is 143 cm³/mol. The Morgan fingerprint density at radius 2 is 1.97 bits per heavy atom. The van der Waals surface area contributed by atoms with Crippen molar-refractivity contribution in [1.29, 1.82) is 0 Å². The molecule has 176 valence electrons. The summed E-state index contributed by atoms with van der Waals surface area (Å²) in [6.07, 6.45) is 9.01. The Labute approximate surface area is 203 Å². The third-order valence-electron chi connectivity index (χ3n) is 6.82. The van der Waals surface area contributed by atoms with Gasteiger partial charge in [0.1, 0.15) is 5.82 Å². The number of nitrogens with two attached hydrogens (primary N) is 1. The monoisotopic (exact) mass is 453 g/mol. The fraction of sp³-hybridized carbons (Fsp3) is 0.310. The van der Waals surface area contributed by atoms with Crippen LogP contribution in [0.15, 0.2) is 79.4 Å². The highest BCUT2D eigenvalue weighted by Gasteiger charge is 2.14. The topological polar surface area (TPSA) is 66.2 Å². The van der Waals surface area contributed by atoms with Gasteiger partial charge < -0.3 is 21.3 Å². The second-order valence-electron chi connectivity index (χ2n) is 9.13. The van der Waals surface area contributed by atoms with Crippen molar-refractivity contribution in [3.05, 3.63) is 96.1 Å². The van der Waals surface area contributed by atoms with Gasteiger partial charge in [-0.05, 0) is 73.8 Å². The van der Waals surface area contributed by atoms with E-state index in [2.05, 4.69) is 88.3 Å². The first-order chi connectivity index (χ1) is 16.6. The predicted octanol–water partition coefficient (Wildman–Crippen LogP) is 5.44. The molecule has 34 heavy (non-hydrogen) atoms. The van der Waals surface area contributed by atoms with Crippen LogP contribution in [0.1, 0.15) is 42.5 Å². The van der Waals surface area contributed by atoms with E-state index >= 15 is 0 Å². The molecule has 4 N–H and O–H groups in total. The van der Waals surface area contributed by atoms with Gasteiger partial charge in [-0.2, -0.15) is 0 Å². The molecule has 1 fully saturated rings. The summed E-state index contributed by atoms with van der Waals surface area (Å²) in [4.78, 5) is 6.70. The molecular weight excluding hydrogens is 418 g/mol. The Morgan fingerprint density at radius 3 is 2.68 bits per heavy atom. The molecule has 1 saturated heterocycles. The highest BCUT2D eigenvalue weighted by molar-refractivity contribution is 5.86. The first-order valence-corrected chi connectivity index (χ1v) is 12.0. The zero-order valence-corrected chi connectivity index (χ0v) is 20.2. The van der Waals surface area contributed by atoms with Crippen molar-refractivity contribution < 1.29 is 0 Å². The third kappa shape index (κ3) is 5.69. The second kappa shape index (κ2) is 11.1. The zero-order valence-electron chi connectivity index (χ0n) is 20.2. The lowest BCUT2D eigenvalue weighted by atomic mass is 9.90. The number of benzene rings is 2. The number of anilines is 1. The summed E-state index contributed by atoms with van der Waals surface area (Å²) in [5, 5.41) is 9.09. The Balaban J connectivity index is 1.49. The molecule has 0 spiro atoms. The number of hydrogen-bond acceptors (Lipinski definition) is 5. The van der Waals surface area contributed by atoms with E-state index in [0.717, 1.165) is 53.3 Å². The van der Waals surface area contributed by atoms with Crippen LogP contribution in [0.2, 0.25) is 0 Å². The van der Waals surface area contributed by atoms with Crippen molar-refractivity contribution >= 4 is 22.3 Å². The van der Waals surface area contributed by atoms with Crippen LogP contribution < -0.4 is 16.4 Å². The minimum absolute atomic E-state index is 0.209. The maximum absolute atomic E-state index is 5.56. The normalized spacial score (nSPS) is 15.2. The minimum Gasteiger partial charge on any atom is -0.403 e. The molecule has 1 unspecified atom stereocenters. The quantitative estimate of drug-likeness (QED) is 0.397. The van der Waals surface area contributed by atoms with Gasteiger partial charge >= 0.3 is 0 Å². The molecule has 0 radical (unpaired) electrons. The van der Waals surface area contributed by atoms with Gasteiger partial charge in [0.25, 0.3) is 0 Å². The summed E-state index contributed by atoms with van der Waals surface area (Å²) in [5.41, 5.74) is 13.1. The molecule has 0 amide bonds. The number of fused-ring (bicyclic) bond motifs is 1. The minimum atomic E-state index is 0.209. The molecule has 1 atom stereocenters. The lowest BCUT2D eigenvalue weighted by molar-refractivity contribution is 0.361. The fourth-order valence-electron chi connectivity index (χ4n) is 4.56. The Hall–Kier alpha value is -3.53. The molecule has 4 rings (SSSR count). The Kier molecular flexibility index (Phi) is 7.69. The van der Waals surface area contributed by atoms with Gasteiger partial charge in [0.15, 0.2) is 0 Å². The van der Waals surface area contributed by atoms with Crippen LogP contribution in [-0.2, 0) is 6.42 Å². The lowest BCUT2D eigenvalue weighted by Gasteiger charge is -2.23. The average molecular weight is 454 g/mol. The van der Waals surface area contributed by atoms with E-state index in [-0.39, 0.29) is 6.04 Å². The first kappa shape index (κ1) is 23.6. The number of nitrogens with one attached hydrogen (secondary N) is 2. The average Bonchev–Trinajstić information content (AvgIpc) is 2.87. The molecule has 2 heterocycles. The van der Waals surface area contributed by atoms with Crippen LogP contribution >= 0.6 is 0 Å². The van der Waals surface area contributed by atoms with E-state index in [1.807, 2.05) is 19.4 Å². The van der Waals surface area contributed by atoms with Crippen molar-refractivity contribution in [2.24, 2.45) is 11.7 Å². The largest absolute Gasteiger partial charge is 0.403 e. The molecule has 5 nitrogen and oxygen atoms in total. The van der Waals surface area contributed by atoms with E-state index < -0.39 is 0 Å². The van der Waals surface area contributed by atoms with Gasteiger partial charge in [-0.1, -0.05) is 43.0 Å². The van der Waals surface area contributed by atoms with Crippen molar-refractivity contribution in [3.8, 4) is 0 Å². The number of aromatic nitrogens is 1. The summed E-state index contributed by atoms with van der Waals surface area (Å²) >= 11 is 0. The Morgan fingerprint density at radius 1 is 1.21 bits per heavy atom. The molecule has 2 aromatic carbocycles. The molecule has 3 aromatic rings. The van der Waals surface area contributed by atoms with E-state index in [9.17, 15) is 0 Å². The van der Waals surface area contributed by atoms with Crippen LogP contribution in [0.25, 0.3) is 16.5 Å². The molecule has 0 saturated carbocycles. The summed E-state index contributed by atoms with van der Waals surface area (Å²) in [5.74, 6) is 1.55. The second-order valence-corrected chi connectivity index (χ2v) is 9.13. The van der Waals surface area contributed by atoms with E-state index in [4.69, 9.17) is 5.73 Å². The molecule has 1 aromatic heterocycles. The molecule has 1 aliphatic rings. The summed E-state index contributed by atoms with van der Waals surface area (Å²) in [6, 6.07) is 17.5. The van der Waals surface area contributed by atoms with Crippen LogP contribution in [0.5, 0.6) is 0 Å². The molecule has 5 heteroatoms. The van der Waals surface area contributed by atoms with Crippen molar-refractivity contribution in [1.82, 2.24) is 15.2 Å². The maximum Gasteiger partial charge on any atom is 0.131 e. The number of pyridine rings is 1. The number of hydrogen-bond donors (Lipinski definition) is 3. The number of piperidine rings is 1. The highest BCUT2D eigenvalue weighted by Crippen LogP contribution is 2.26. The smallest absolute Gasteiger partial charge is 0.131 e. The van der Waals surface area contributed by atoms with E-state index in [1.54, 1.807) is 6.20 Å². The van der Waals surface area contributed by atoms with Crippen LogP contribution in [0.3, 0.4) is 0 Å². The van der Waals surface area contributed by atoms with Crippen molar-refractivity contribution in [3.63, 3.8) is 0 Å². The first-order valence-electron chi connectivity index (χ1n) is 12.0. The van der Waals surface area contributed by atoms with Gasteiger partial charge in [0.2, 0.25) is 0 Å². The van der Waals surface area contributed by atoms with Gasteiger partial charge in [-0.25, -0.2) is 4.98 Å². The highest BCUT2D eigenvalue weighted by atomic mass is 15.1. The maximum atomic E-state index is 5.56. The molecule has 1 aliphatic heterocycles. The lowest BCUT2D eigenvalue weighted by Crippen LogP contribution is -2.28. The zero-order chi connectivity index (χ0) is 23.9. The molecular formula is C29H35N5. The molecule has 0 aliphatic carbocycles. The standard InChI is InChI=1S/C29H35N5/c1-4-28(24-7-5-22(6-8-24)17-23-11-14-31-15-12-23)33-29-19-27-18-25(9-10-26(27)20-32-29)21(2)34(3)16-13-30/h5-10,13,16,18-21,23,31H,1,11-12,14-15,17,30H2,2-3H3,(H,32,33)/b16-13+. The van der Waals surface area contributed by atoms with Gasteiger partial charge in [0.05, 0.1) is 11.7 Å². The molecule has 0 bridgehead atoms. The van der Waals surface area contributed by atoms with Gasteiger partial charge in [0, 0.05) is 36.6 Å². The third-order valence-corrected chi connectivity index (χ3v) is 6.82. The van der Waals surface area contributed by atoms with Gasteiger partial charge in [-0.15, -0.1) is 5.73 Å². The van der Waals surface area contributed by atoms with Crippen molar-refractivity contribution in [2.45, 2.75) is 32.2 Å². The number of nitrogens with zero attached hydrogens (tertiary/aromatic N) is 2. The fourth-order valence-corrected chi connectivity index (χ4v) is 4.56.